The van der Waals surface area contributed by atoms with Crippen molar-refractivity contribution < 1.29 is 9.90 Å². The molecule has 0 atom stereocenters. The standard InChI is InChI=1S/C14H14N2O3/c1-14(2,9-6-4-3-5-7-9)13-15-8-10(12(18)19)11(17)16-13/h3-8H,1-2H3,(H,18,19)(H,15,16,17). The molecule has 1 heterocycles. The van der Waals surface area contributed by atoms with E-state index in [-0.39, 0.29) is 5.56 Å². The zero-order chi connectivity index (χ0) is 14.0. The van der Waals surface area contributed by atoms with Crippen LogP contribution in [0.1, 0.15) is 35.6 Å². The second kappa shape index (κ2) is 4.68. The molecule has 0 aliphatic carbocycles. The van der Waals surface area contributed by atoms with Crippen molar-refractivity contribution in [2.45, 2.75) is 19.3 Å². The molecule has 0 amide bonds. The van der Waals surface area contributed by atoms with Gasteiger partial charge in [-0.3, -0.25) is 4.79 Å². The summed E-state index contributed by atoms with van der Waals surface area (Å²) in [6.07, 6.45) is 1.10. The summed E-state index contributed by atoms with van der Waals surface area (Å²) in [5.74, 6) is -0.841. The van der Waals surface area contributed by atoms with E-state index in [1.807, 2.05) is 44.2 Å². The lowest BCUT2D eigenvalue weighted by Gasteiger charge is -2.23. The highest BCUT2D eigenvalue weighted by Gasteiger charge is 2.26. The van der Waals surface area contributed by atoms with Crippen LogP contribution in [-0.2, 0) is 5.41 Å². The van der Waals surface area contributed by atoms with Gasteiger partial charge in [-0.05, 0) is 19.4 Å². The molecule has 2 rings (SSSR count). The summed E-state index contributed by atoms with van der Waals surface area (Å²) in [5, 5.41) is 8.82. The number of hydrogen-bond acceptors (Lipinski definition) is 3. The van der Waals surface area contributed by atoms with Crippen LogP contribution >= 0.6 is 0 Å². The predicted octanol–water partition coefficient (Wildman–Crippen LogP) is 1.79. The van der Waals surface area contributed by atoms with E-state index in [2.05, 4.69) is 9.97 Å². The maximum Gasteiger partial charge on any atom is 0.342 e. The number of aromatic amines is 1. The van der Waals surface area contributed by atoms with Crippen molar-refractivity contribution in [3.8, 4) is 0 Å². The number of nitrogens with one attached hydrogen (secondary N) is 1. The number of carbonyl (C=O) groups is 1. The summed E-state index contributed by atoms with van der Waals surface area (Å²) in [5.41, 5.74) is -0.507. The predicted molar refractivity (Wildman–Crippen MR) is 70.4 cm³/mol. The third-order valence-electron chi connectivity index (χ3n) is 3.12. The maximum absolute atomic E-state index is 11.7. The number of H-pyrrole nitrogens is 1. The van der Waals surface area contributed by atoms with Crippen LogP contribution in [0.3, 0.4) is 0 Å². The number of carboxylic acids is 1. The van der Waals surface area contributed by atoms with Gasteiger partial charge in [0.05, 0.1) is 0 Å². The molecule has 1 aromatic carbocycles. The Balaban J connectivity index is 2.51. The lowest BCUT2D eigenvalue weighted by Crippen LogP contribution is -2.28. The highest BCUT2D eigenvalue weighted by Crippen LogP contribution is 2.27. The number of hydrogen-bond donors (Lipinski definition) is 2. The molecule has 0 bridgehead atoms. The largest absolute Gasteiger partial charge is 0.477 e. The van der Waals surface area contributed by atoms with Crippen LogP contribution in [0.15, 0.2) is 41.3 Å². The van der Waals surface area contributed by atoms with E-state index < -0.39 is 16.9 Å². The molecule has 0 saturated heterocycles. The van der Waals surface area contributed by atoms with Crippen molar-refractivity contribution in [2.24, 2.45) is 0 Å². The average Bonchev–Trinajstić information content (AvgIpc) is 2.39. The average molecular weight is 258 g/mol. The Kier molecular flexibility index (Phi) is 3.21. The number of aromatic carboxylic acids is 1. The molecule has 19 heavy (non-hydrogen) atoms. The minimum atomic E-state index is -1.28. The molecule has 2 aromatic rings. The molecule has 0 spiro atoms. The summed E-state index contributed by atoms with van der Waals surface area (Å²) in [4.78, 5) is 29.1. The summed E-state index contributed by atoms with van der Waals surface area (Å²) in [7, 11) is 0. The Bertz CT molecular complexity index is 660. The molecule has 1 aromatic heterocycles. The molecule has 0 aliphatic rings. The van der Waals surface area contributed by atoms with Gasteiger partial charge in [0.1, 0.15) is 11.4 Å². The summed E-state index contributed by atoms with van der Waals surface area (Å²) < 4.78 is 0. The van der Waals surface area contributed by atoms with Gasteiger partial charge in [0.25, 0.3) is 5.56 Å². The summed E-state index contributed by atoms with van der Waals surface area (Å²) in [6, 6.07) is 9.58. The molecule has 0 aliphatic heterocycles. The van der Waals surface area contributed by atoms with Gasteiger partial charge in [-0.15, -0.1) is 0 Å². The van der Waals surface area contributed by atoms with Crippen LogP contribution < -0.4 is 5.56 Å². The minimum Gasteiger partial charge on any atom is -0.477 e. The Labute approximate surface area is 110 Å². The lowest BCUT2D eigenvalue weighted by atomic mass is 9.84. The molecule has 0 radical (unpaired) electrons. The lowest BCUT2D eigenvalue weighted by molar-refractivity contribution is 0.0694. The highest BCUT2D eigenvalue weighted by molar-refractivity contribution is 5.86. The summed E-state index contributed by atoms with van der Waals surface area (Å²) >= 11 is 0. The second-order valence-corrected chi connectivity index (χ2v) is 4.77. The Morgan fingerprint density at radius 3 is 2.42 bits per heavy atom. The van der Waals surface area contributed by atoms with E-state index in [9.17, 15) is 9.59 Å². The molecule has 0 saturated carbocycles. The van der Waals surface area contributed by atoms with Gasteiger partial charge in [0.2, 0.25) is 0 Å². The van der Waals surface area contributed by atoms with Crippen LogP contribution in [0.2, 0.25) is 0 Å². The van der Waals surface area contributed by atoms with Gasteiger partial charge in [-0.1, -0.05) is 30.3 Å². The van der Waals surface area contributed by atoms with Crippen molar-refractivity contribution in [3.63, 3.8) is 0 Å². The Morgan fingerprint density at radius 1 is 1.26 bits per heavy atom. The Morgan fingerprint density at radius 2 is 1.89 bits per heavy atom. The topological polar surface area (TPSA) is 83.0 Å². The van der Waals surface area contributed by atoms with Gasteiger partial charge in [0, 0.05) is 11.6 Å². The maximum atomic E-state index is 11.7. The number of rotatable bonds is 3. The van der Waals surface area contributed by atoms with Gasteiger partial charge in [-0.2, -0.15) is 0 Å². The zero-order valence-corrected chi connectivity index (χ0v) is 10.7. The van der Waals surface area contributed by atoms with E-state index in [1.54, 1.807) is 0 Å². The molecule has 5 heteroatoms. The molecule has 5 nitrogen and oxygen atoms in total. The van der Waals surface area contributed by atoms with E-state index in [1.165, 1.54) is 0 Å². The Hall–Kier alpha value is -2.43. The van der Waals surface area contributed by atoms with Gasteiger partial charge >= 0.3 is 5.97 Å². The number of nitrogens with zero attached hydrogens (tertiary/aromatic N) is 1. The molecular weight excluding hydrogens is 244 g/mol. The number of carboxylic acid groups (broad SMARTS) is 1. The second-order valence-electron chi connectivity index (χ2n) is 4.77. The monoisotopic (exact) mass is 258 g/mol. The first kappa shape index (κ1) is 13.0. The fraction of sp³-hybridized carbons (Fsp3) is 0.214. The molecule has 0 fully saturated rings. The number of aromatic nitrogens is 2. The van der Waals surface area contributed by atoms with Crippen molar-refractivity contribution in [1.29, 1.82) is 0 Å². The van der Waals surface area contributed by atoms with Gasteiger partial charge < -0.3 is 10.1 Å². The fourth-order valence-electron chi connectivity index (χ4n) is 1.86. The van der Waals surface area contributed by atoms with Crippen LogP contribution in [-0.4, -0.2) is 21.0 Å². The quantitative estimate of drug-likeness (QED) is 0.879. The summed E-state index contributed by atoms with van der Waals surface area (Å²) in [6.45, 7) is 3.84. The van der Waals surface area contributed by atoms with Crippen molar-refractivity contribution in [1.82, 2.24) is 9.97 Å². The SMILES string of the molecule is CC(C)(c1ccccc1)c1ncc(C(=O)O)c(=O)[nH]1. The van der Waals surface area contributed by atoms with E-state index >= 15 is 0 Å². The smallest absolute Gasteiger partial charge is 0.342 e. The minimum absolute atomic E-state index is 0.354. The van der Waals surface area contributed by atoms with Crippen LogP contribution in [0, 0.1) is 0 Å². The zero-order valence-electron chi connectivity index (χ0n) is 10.7. The van der Waals surface area contributed by atoms with Crippen LogP contribution in [0.4, 0.5) is 0 Å². The third-order valence-corrected chi connectivity index (χ3v) is 3.12. The first-order chi connectivity index (χ1) is 8.93. The number of benzene rings is 1. The molecule has 0 unspecified atom stereocenters. The normalized spacial score (nSPS) is 11.3. The molecular formula is C14H14N2O3. The van der Waals surface area contributed by atoms with Crippen molar-refractivity contribution in [3.05, 3.63) is 63.8 Å². The molecule has 2 N–H and O–H groups in total. The first-order valence-electron chi connectivity index (χ1n) is 5.81. The molecule has 98 valence electrons. The van der Waals surface area contributed by atoms with Crippen LogP contribution in [0.25, 0.3) is 0 Å². The van der Waals surface area contributed by atoms with Crippen molar-refractivity contribution >= 4 is 5.97 Å². The van der Waals surface area contributed by atoms with Crippen molar-refractivity contribution in [2.75, 3.05) is 0 Å². The van der Waals surface area contributed by atoms with E-state index in [0.717, 1.165) is 11.8 Å². The van der Waals surface area contributed by atoms with Crippen LogP contribution in [0.5, 0.6) is 0 Å². The van der Waals surface area contributed by atoms with Gasteiger partial charge in [0.15, 0.2) is 0 Å². The highest BCUT2D eigenvalue weighted by atomic mass is 16.4. The van der Waals surface area contributed by atoms with Gasteiger partial charge in [-0.25, -0.2) is 9.78 Å². The van der Waals surface area contributed by atoms with E-state index in [4.69, 9.17) is 5.11 Å². The van der Waals surface area contributed by atoms with E-state index in [0.29, 0.717) is 5.82 Å². The fourth-order valence-corrected chi connectivity index (χ4v) is 1.86. The third kappa shape index (κ3) is 2.40. The first-order valence-corrected chi connectivity index (χ1v) is 5.81.